The summed E-state index contributed by atoms with van der Waals surface area (Å²) in [7, 11) is 7.23. The van der Waals surface area contributed by atoms with Crippen LogP contribution in [-0.4, -0.2) is 69.1 Å². The number of hydrogen-bond donors (Lipinski definition) is 0. The minimum Gasteiger partial charge on any atom is -0.296 e. The molecular weight excluding hydrogens is 546 g/mol. The lowest BCUT2D eigenvalue weighted by molar-refractivity contribution is -0.116. The van der Waals surface area contributed by atoms with Gasteiger partial charge in [0, 0.05) is 33.2 Å². The second-order valence-electron chi connectivity index (χ2n) is 20.6. The van der Waals surface area contributed by atoms with Gasteiger partial charge in [0.15, 0.2) is 0 Å². The molecule has 3 aliphatic heterocycles. The van der Waals surface area contributed by atoms with Crippen LogP contribution >= 0.6 is 0 Å². The van der Waals surface area contributed by atoms with Crippen LogP contribution in [0.2, 0.25) is 0 Å². The van der Waals surface area contributed by atoms with Crippen LogP contribution in [0.25, 0.3) is 0 Å². The number of rotatable bonds is 13. The molecule has 45 heavy (non-hydrogen) atoms. The van der Waals surface area contributed by atoms with Gasteiger partial charge < -0.3 is 0 Å². The summed E-state index contributed by atoms with van der Waals surface area (Å²) in [5, 5.41) is 0. The van der Waals surface area contributed by atoms with Crippen molar-refractivity contribution < 1.29 is 0 Å². The van der Waals surface area contributed by atoms with Gasteiger partial charge in [-0.05, 0) is 179 Å². The van der Waals surface area contributed by atoms with Crippen molar-refractivity contribution in [2.24, 2.45) is 29.6 Å². The summed E-state index contributed by atoms with van der Waals surface area (Å²) >= 11 is 0. The van der Waals surface area contributed by atoms with Gasteiger partial charge in [-0.1, -0.05) is 58.3 Å². The topological polar surface area (TPSA) is 9.72 Å². The van der Waals surface area contributed by atoms with E-state index in [9.17, 15) is 0 Å². The van der Waals surface area contributed by atoms with Crippen LogP contribution in [0.1, 0.15) is 186 Å². The second-order valence-corrected chi connectivity index (χ2v) is 20.6. The first-order chi connectivity index (χ1) is 20.5. The highest BCUT2D eigenvalue weighted by Gasteiger charge is 2.55. The molecule has 0 N–H and O–H groups in total. The largest absolute Gasteiger partial charge is 0.296 e. The molecule has 266 valence electrons. The molecule has 3 rings (SSSR count). The molecular formula is C42H83N3. The van der Waals surface area contributed by atoms with Crippen molar-refractivity contribution in [3.05, 3.63) is 0 Å². The third-order valence-corrected chi connectivity index (χ3v) is 14.6. The summed E-state index contributed by atoms with van der Waals surface area (Å²) in [4.78, 5) is 8.18. The van der Waals surface area contributed by atoms with Crippen molar-refractivity contribution in [3.63, 3.8) is 0 Å². The maximum atomic E-state index is 2.73. The molecule has 3 heteroatoms. The normalized spacial score (nSPS) is 28.5. The number of piperidine rings is 3. The summed E-state index contributed by atoms with van der Waals surface area (Å²) in [5.74, 6) is 4.00. The van der Waals surface area contributed by atoms with Crippen LogP contribution in [0, 0.1) is 29.6 Å². The number of unbranched alkanes of at least 4 members (excludes halogenated alkanes) is 7. The van der Waals surface area contributed by atoms with Crippen LogP contribution in [0.3, 0.4) is 0 Å². The smallest absolute Gasteiger partial charge is 0.0158 e. The molecule has 0 aromatic carbocycles. The van der Waals surface area contributed by atoms with Gasteiger partial charge in [-0.15, -0.1) is 0 Å². The molecule has 0 radical (unpaired) electrons. The lowest BCUT2D eigenvalue weighted by atomic mass is 9.54. The van der Waals surface area contributed by atoms with Crippen molar-refractivity contribution in [2.45, 2.75) is 220 Å². The third-order valence-electron chi connectivity index (χ3n) is 14.6. The molecule has 0 aliphatic carbocycles. The van der Waals surface area contributed by atoms with Crippen molar-refractivity contribution in [1.29, 1.82) is 0 Å². The van der Waals surface area contributed by atoms with Crippen LogP contribution in [0.15, 0.2) is 0 Å². The van der Waals surface area contributed by atoms with E-state index in [1.165, 1.54) is 96.3 Å². The quantitative estimate of drug-likeness (QED) is 0.188. The van der Waals surface area contributed by atoms with Crippen molar-refractivity contribution in [3.8, 4) is 0 Å². The van der Waals surface area contributed by atoms with Gasteiger partial charge >= 0.3 is 0 Å². The second kappa shape index (κ2) is 14.4. The molecule has 3 saturated heterocycles. The predicted octanol–water partition coefficient (Wildman–Crippen LogP) is 11.4. The Hall–Kier alpha value is -0.120. The zero-order valence-corrected chi connectivity index (χ0v) is 33.8. The predicted molar refractivity (Wildman–Crippen MR) is 200 cm³/mol. The molecule has 3 aliphatic rings. The SMILES string of the molecule is CCCCCCCCCCC(C1CC(C)(C)N(C)C(C)(C)C1)C(C1CC(C)(C)N(C)C(C)(C)C1)C1CC(C)(C)N(C)C(C)(C)C1. The van der Waals surface area contributed by atoms with E-state index in [1.807, 2.05) is 0 Å². The Bertz CT molecular complexity index is 830. The van der Waals surface area contributed by atoms with E-state index in [4.69, 9.17) is 0 Å². The summed E-state index contributed by atoms with van der Waals surface area (Å²) in [6, 6.07) is 0. The van der Waals surface area contributed by atoms with E-state index in [0.717, 1.165) is 29.6 Å². The van der Waals surface area contributed by atoms with Gasteiger partial charge in [-0.2, -0.15) is 0 Å². The van der Waals surface area contributed by atoms with Crippen molar-refractivity contribution in [1.82, 2.24) is 14.7 Å². The molecule has 0 spiro atoms. The molecule has 1 unspecified atom stereocenters. The van der Waals surface area contributed by atoms with E-state index >= 15 is 0 Å². The first-order valence-corrected chi connectivity index (χ1v) is 19.7. The fraction of sp³-hybridized carbons (Fsp3) is 1.00. The fourth-order valence-electron chi connectivity index (χ4n) is 11.5. The molecule has 0 aromatic heterocycles. The maximum Gasteiger partial charge on any atom is 0.0158 e. The monoisotopic (exact) mass is 630 g/mol. The van der Waals surface area contributed by atoms with Gasteiger partial charge in [-0.3, -0.25) is 14.7 Å². The molecule has 0 saturated carbocycles. The summed E-state index contributed by atoms with van der Waals surface area (Å²) < 4.78 is 0. The Kier molecular flexibility index (Phi) is 12.6. The van der Waals surface area contributed by atoms with Gasteiger partial charge in [0.1, 0.15) is 0 Å². The summed E-state index contributed by atoms with van der Waals surface area (Å²) in [6.45, 7) is 32.9. The average Bonchev–Trinajstić information content (AvgIpc) is 2.88. The number of nitrogens with zero attached hydrogens (tertiary/aromatic N) is 3. The van der Waals surface area contributed by atoms with Crippen LogP contribution in [0.4, 0.5) is 0 Å². The van der Waals surface area contributed by atoms with Crippen molar-refractivity contribution in [2.75, 3.05) is 21.1 Å². The minimum atomic E-state index is 0.232. The standard InChI is InChI=1S/C42H83N3/c1-17-18-19-20-21-22-23-24-25-35(32-26-37(2,3)43(14)38(4,5)27-32)36(33-28-39(6,7)44(15)40(8,9)29-33)34-30-41(10,11)45(16)42(12,13)31-34/h32-36H,17-31H2,1-16H3. The number of likely N-dealkylation sites (tertiary alicyclic amines) is 3. The Labute approximate surface area is 284 Å². The van der Waals surface area contributed by atoms with Gasteiger partial charge in [0.25, 0.3) is 0 Å². The van der Waals surface area contributed by atoms with E-state index in [0.29, 0.717) is 0 Å². The van der Waals surface area contributed by atoms with Gasteiger partial charge in [-0.25, -0.2) is 0 Å². The van der Waals surface area contributed by atoms with Crippen LogP contribution < -0.4 is 0 Å². The first kappa shape index (κ1) is 39.3. The molecule has 0 bridgehead atoms. The van der Waals surface area contributed by atoms with E-state index in [-0.39, 0.29) is 33.2 Å². The average molecular weight is 630 g/mol. The van der Waals surface area contributed by atoms with E-state index in [1.54, 1.807) is 0 Å². The Morgan fingerprint density at radius 3 is 1.00 bits per heavy atom. The highest BCUT2D eigenvalue weighted by molar-refractivity contribution is 5.08. The molecule has 1 atom stereocenters. The molecule has 0 aromatic rings. The Morgan fingerprint density at radius 1 is 0.422 bits per heavy atom. The lowest BCUT2D eigenvalue weighted by Crippen LogP contribution is -2.64. The lowest BCUT2D eigenvalue weighted by Gasteiger charge is -2.62. The Morgan fingerprint density at radius 2 is 0.689 bits per heavy atom. The molecule has 3 heterocycles. The molecule has 3 nitrogen and oxygen atoms in total. The number of hydrogen-bond acceptors (Lipinski definition) is 3. The fourth-order valence-corrected chi connectivity index (χ4v) is 11.5. The highest BCUT2D eigenvalue weighted by Crippen LogP contribution is 2.56. The van der Waals surface area contributed by atoms with Crippen molar-refractivity contribution >= 4 is 0 Å². The molecule has 0 amide bonds. The Balaban J connectivity index is 2.05. The zero-order valence-electron chi connectivity index (χ0n) is 33.8. The molecule has 3 fully saturated rings. The first-order valence-electron chi connectivity index (χ1n) is 19.7. The van der Waals surface area contributed by atoms with Crippen LogP contribution in [0.5, 0.6) is 0 Å². The summed E-state index contributed by atoms with van der Waals surface area (Å²) in [6.07, 6.45) is 20.9. The minimum absolute atomic E-state index is 0.232. The van der Waals surface area contributed by atoms with Crippen LogP contribution in [-0.2, 0) is 0 Å². The van der Waals surface area contributed by atoms with E-state index in [2.05, 4.69) is 126 Å². The zero-order chi connectivity index (χ0) is 34.2. The third kappa shape index (κ3) is 9.12. The maximum absolute atomic E-state index is 2.73. The highest BCUT2D eigenvalue weighted by atomic mass is 15.3. The summed E-state index contributed by atoms with van der Waals surface area (Å²) in [5.41, 5.74) is 1.41. The van der Waals surface area contributed by atoms with E-state index < -0.39 is 0 Å². The van der Waals surface area contributed by atoms with Gasteiger partial charge in [0.2, 0.25) is 0 Å². The van der Waals surface area contributed by atoms with Gasteiger partial charge in [0.05, 0.1) is 0 Å².